The van der Waals surface area contributed by atoms with Gasteiger partial charge in [-0.3, -0.25) is 4.98 Å². The molecule has 27 heavy (non-hydrogen) atoms. The zero-order valence-corrected chi connectivity index (χ0v) is 19.4. The smallest absolute Gasteiger partial charge is 0.408 e. The number of hydrogen-bond donors (Lipinski definition) is 2. The molecule has 0 aromatic carbocycles. The van der Waals surface area contributed by atoms with Crippen LogP contribution < -0.4 is 5.32 Å². The molecular formula is C19H33ClN2O4Si. The van der Waals surface area contributed by atoms with E-state index < -0.39 is 26.1 Å². The maximum absolute atomic E-state index is 12.3. The Morgan fingerprint density at radius 3 is 2.37 bits per heavy atom. The molecule has 0 radical (unpaired) electrons. The number of carbonyl (C=O) groups excluding carboxylic acids is 1. The Kier molecular flexibility index (Phi) is 7.87. The summed E-state index contributed by atoms with van der Waals surface area (Å²) in [6, 6.07) is 1.08. The molecule has 0 saturated carbocycles. The van der Waals surface area contributed by atoms with Crippen LogP contribution in [0.4, 0.5) is 4.79 Å². The first-order valence-corrected chi connectivity index (χ1v) is 12.3. The van der Waals surface area contributed by atoms with Crippen LogP contribution in [0.2, 0.25) is 23.2 Å². The highest BCUT2D eigenvalue weighted by atomic mass is 35.5. The van der Waals surface area contributed by atoms with Crippen molar-refractivity contribution in [2.75, 3.05) is 6.61 Å². The average Bonchev–Trinajstić information content (AvgIpc) is 2.48. The van der Waals surface area contributed by atoms with Crippen LogP contribution in [-0.4, -0.2) is 36.7 Å². The third kappa shape index (κ3) is 7.41. The molecular weight excluding hydrogens is 384 g/mol. The SMILES string of the molecule is CC(C)(C)OC(=O)NC(CO[Si](C)(C)C(C)(C)C)c1ncc(Cl)cc1CO. The van der Waals surface area contributed by atoms with Gasteiger partial charge in [0.1, 0.15) is 5.60 Å². The summed E-state index contributed by atoms with van der Waals surface area (Å²) in [6.07, 6.45) is 0.929. The summed E-state index contributed by atoms with van der Waals surface area (Å²) in [4.78, 5) is 16.7. The number of amides is 1. The molecule has 154 valence electrons. The highest BCUT2D eigenvalue weighted by Crippen LogP contribution is 2.37. The van der Waals surface area contributed by atoms with Crippen molar-refractivity contribution in [1.82, 2.24) is 10.3 Å². The minimum atomic E-state index is -2.05. The van der Waals surface area contributed by atoms with E-state index in [1.165, 1.54) is 6.20 Å². The Morgan fingerprint density at radius 2 is 1.89 bits per heavy atom. The fraction of sp³-hybridized carbons (Fsp3) is 0.684. The van der Waals surface area contributed by atoms with Crippen LogP contribution in [0.25, 0.3) is 0 Å². The van der Waals surface area contributed by atoms with Crippen LogP contribution in [0, 0.1) is 0 Å². The zero-order chi connectivity index (χ0) is 21.0. The first-order valence-electron chi connectivity index (χ1n) is 9.05. The highest BCUT2D eigenvalue weighted by Gasteiger charge is 2.38. The van der Waals surface area contributed by atoms with Crippen molar-refractivity contribution in [3.63, 3.8) is 0 Å². The van der Waals surface area contributed by atoms with E-state index in [0.717, 1.165) is 0 Å². The topological polar surface area (TPSA) is 80.7 Å². The molecule has 1 aromatic heterocycles. The van der Waals surface area contributed by atoms with E-state index in [9.17, 15) is 9.90 Å². The lowest BCUT2D eigenvalue weighted by Gasteiger charge is -2.37. The Bertz CT molecular complexity index is 654. The van der Waals surface area contributed by atoms with Gasteiger partial charge < -0.3 is 19.6 Å². The minimum absolute atomic E-state index is 0.0245. The van der Waals surface area contributed by atoms with Gasteiger partial charge in [-0.1, -0.05) is 32.4 Å². The number of hydrogen-bond acceptors (Lipinski definition) is 5. The Balaban J connectivity index is 3.12. The summed E-state index contributed by atoms with van der Waals surface area (Å²) in [5.74, 6) is 0. The Morgan fingerprint density at radius 1 is 1.30 bits per heavy atom. The van der Waals surface area contributed by atoms with Gasteiger partial charge in [-0.15, -0.1) is 0 Å². The standard InChI is InChI=1S/C19H33ClN2O4Si/c1-18(2,3)26-17(24)22-15(12-25-27(7,8)19(4,5)6)16-13(11-23)9-14(20)10-21-16/h9-10,15,23H,11-12H2,1-8H3,(H,22,24). The van der Waals surface area contributed by atoms with Crippen molar-refractivity contribution in [2.24, 2.45) is 0 Å². The van der Waals surface area contributed by atoms with Gasteiger partial charge >= 0.3 is 6.09 Å². The van der Waals surface area contributed by atoms with Crippen molar-refractivity contribution in [3.8, 4) is 0 Å². The van der Waals surface area contributed by atoms with Gasteiger partial charge in [0.05, 0.1) is 30.0 Å². The Hall–Kier alpha value is -1.15. The van der Waals surface area contributed by atoms with Crippen molar-refractivity contribution < 1.29 is 19.1 Å². The molecule has 8 heteroatoms. The van der Waals surface area contributed by atoms with Crippen molar-refractivity contribution in [2.45, 2.75) is 77.9 Å². The van der Waals surface area contributed by atoms with Gasteiger partial charge in [0.2, 0.25) is 0 Å². The second kappa shape index (κ2) is 8.90. The molecule has 1 atom stereocenters. The summed E-state index contributed by atoms with van der Waals surface area (Å²) >= 11 is 5.99. The number of aromatic nitrogens is 1. The van der Waals surface area contributed by atoms with Crippen molar-refractivity contribution >= 4 is 26.0 Å². The molecule has 0 saturated heterocycles. The molecule has 1 heterocycles. The maximum atomic E-state index is 12.3. The second-order valence-electron chi connectivity index (χ2n) is 9.13. The predicted molar refractivity (Wildman–Crippen MR) is 110 cm³/mol. The first-order chi connectivity index (χ1) is 12.2. The van der Waals surface area contributed by atoms with Crippen LogP contribution in [0.15, 0.2) is 12.3 Å². The fourth-order valence-electron chi connectivity index (χ4n) is 2.08. The molecule has 0 bridgehead atoms. The Labute approximate surface area is 168 Å². The molecule has 0 aliphatic rings. The van der Waals surface area contributed by atoms with Crippen LogP contribution in [-0.2, 0) is 15.8 Å². The van der Waals surface area contributed by atoms with Gasteiger partial charge in [0.25, 0.3) is 0 Å². The first kappa shape index (κ1) is 23.9. The second-order valence-corrected chi connectivity index (χ2v) is 14.4. The number of rotatable bonds is 6. The summed E-state index contributed by atoms with van der Waals surface area (Å²) < 4.78 is 11.7. The third-order valence-electron chi connectivity index (χ3n) is 4.58. The quantitative estimate of drug-likeness (QED) is 0.650. The number of ether oxygens (including phenoxy) is 1. The van der Waals surface area contributed by atoms with Gasteiger partial charge in [-0.25, -0.2) is 4.79 Å². The number of nitrogens with one attached hydrogen (secondary N) is 1. The summed E-state index contributed by atoms with van der Waals surface area (Å²) in [6.45, 7) is 16.1. The molecule has 0 aliphatic carbocycles. The third-order valence-corrected chi connectivity index (χ3v) is 9.28. The molecule has 1 unspecified atom stereocenters. The lowest BCUT2D eigenvalue weighted by molar-refractivity contribution is 0.0481. The lowest BCUT2D eigenvalue weighted by Crippen LogP contribution is -2.44. The molecule has 1 aromatic rings. The van der Waals surface area contributed by atoms with Crippen LogP contribution in [0.1, 0.15) is 58.8 Å². The largest absolute Gasteiger partial charge is 0.444 e. The molecule has 0 fully saturated rings. The normalized spacial score (nSPS) is 14.0. The van der Waals surface area contributed by atoms with Gasteiger partial charge in [0.15, 0.2) is 8.32 Å². The van der Waals surface area contributed by atoms with E-state index in [1.807, 2.05) is 0 Å². The van der Waals surface area contributed by atoms with Crippen molar-refractivity contribution in [1.29, 1.82) is 0 Å². The number of alkyl carbamates (subject to hydrolysis) is 1. The maximum Gasteiger partial charge on any atom is 0.408 e. The molecule has 1 amide bonds. The van der Waals surface area contributed by atoms with E-state index >= 15 is 0 Å². The van der Waals surface area contributed by atoms with E-state index in [-0.39, 0.29) is 18.3 Å². The van der Waals surface area contributed by atoms with E-state index in [1.54, 1.807) is 26.8 Å². The number of aliphatic hydroxyl groups is 1. The molecule has 6 nitrogen and oxygen atoms in total. The van der Waals surface area contributed by atoms with Crippen LogP contribution in [0.5, 0.6) is 0 Å². The lowest BCUT2D eigenvalue weighted by atomic mass is 10.1. The average molecular weight is 417 g/mol. The van der Waals surface area contributed by atoms with Crippen LogP contribution >= 0.6 is 11.6 Å². The number of carbonyl (C=O) groups is 1. The zero-order valence-electron chi connectivity index (χ0n) is 17.6. The number of halogens is 1. The molecule has 0 spiro atoms. The highest BCUT2D eigenvalue weighted by molar-refractivity contribution is 6.74. The number of nitrogens with zero attached hydrogens (tertiary/aromatic N) is 1. The monoisotopic (exact) mass is 416 g/mol. The minimum Gasteiger partial charge on any atom is -0.444 e. The fourth-order valence-corrected chi connectivity index (χ4v) is 3.28. The molecule has 2 N–H and O–H groups in total. The van der Waals surface area contributed by atoms with Gasteiger partial charge in [-0.2, -0.15) is 0 Å². The predicted octanol–water partition coefficient (Wildman–Crippen LogP) is 4.81. The van der Waals surface area contributed by atoms with Gasteiger partial charge in [0, 0.05) is 11.8 Å². The summed E-state index contributed by atoms with van der Waals surface area (Å²) in [5, 5.41) is 13.0. The van der Waals surface area contributed by atoms with Crippen molar-refractivity contribution in [3.05, 3.63) is 28.5 Å². The number of aliphatic hydroxyl groups excluding tert-OH is 1. The van der Waals surface area contributed by atoms with Gasteiger partial charge in [-0.05, 0) is 45.0 Å². The van der Waals surface area contributed by atoms with E-state index in [0.29, 0.717) is 16.3 Å². The number of pyridine rings is 1. The van der Waals surface area contributed by atoms with E-state index in [4.69, 9.17) is 20.8 Å². The van der Waals surface area contributed by atoms with E-state index in [2.05, 4.69) is 44.2 Å². The van der Waals surface area contributed by atoms with Crippen LogP contribution in [0.3, 0.4) is 0 Å². The molecule has 0 aliphatic heterocycles. The molecule has 1 rings (SSSR count). The summed E-state index contributed by atoms with van der Waals surface area (Å²) in [5.41, 5.74) is 0.441. The summed E-state index contributed by atoms with van der Waals surface area (Å²) in [7, 11) is -2.05.